The van der Waals surface area contributed by atoms with Crippen molar-refractivity contribution in [2.75, 3.05) is 6.26 Å². The summed E-state index contributed by atoms with van der Waals surface area (Å²) in [6.45, 7) is 6.39. The fourth-order valence-electron chi connectivity index (χ4n) is 2.14. The summed E-state index contributed by atoms with van der Waals surface area (Å²) in [6, 6.07) is 11.1. The van der Waals surface area contributed by atoms with Crippen LogP contribution in [0.3, 0.4) is 0 Å². The summed E-state index contributed by atoms with van der Waals surface area (Å²) in [7, 11) is -3.64. The van der Waals surface area contributed by atoms with Crippen molar-refractivity contribution in [1.29, 1.82) is 0 Å². The third-order valence-corrected chi connectivity index (χ3v) is 5.46. The van der Waals surface area contributed by atoms with Gasteiger partial charge in [-0.05, 0) is 28.0 Å². The van der Waals surface area contributed by atoms with Crippen LogP contribution in [0.5, 0.6) is 0 Å². The average Bonchev–Trinajstić information content (AvgIpc) is 2.96. The summed E-state index contributed by atoms with van der Waals surface area (Å²) >= 11 is 1.24. The molecule has 0 aliphatic carbocycles. The fraction of sp³-hybridized carbons (Fsp3) is 0.353. The van der Waals surface area contributed by atoms with Crippen LogP contribution in [0.4, 0.5) is 0 Å². The molecule has 0 unspecified atom stereocenters. The Morgan fingerprint density at radius 2 is 1.74 bits per heavy atom. The molecule has 0 radical (unpaired) electrons. The van der Waals surface area contributed by atoms with Crippen molar-refractivity contribution in [3.63, 3.8) is 0 Å². The summed E-state index contributed by atoms with van der Waals surface area (Å²) in [4.78, 5) is 12.9. The van der Waals surface area contributed by atoms with Crippen molar-refractivity contribution >= 4 is 27.3 Å². The zero-order valence-electron chi connectivity index (χ0n) is 13.7. The quantitative estimate of drug-likeness (QED) is 0.845. The van der Waals surface area contributed by atoms with E-state index in [9.17, 15) is 13.2 Å². The van der Waals surface area contributed by atoms with Gasteiger partial charge in [0.1, 0.15) is 0 Å². The lowest BCUT2D eigenvalue weighted by molar-refractivity contribution is 0.0860. The van der Waals surface area contributed by atoms with Gasteiger partial charge in [-0.2, -0.15) is 0 Å². The van der Waals surface area contributed by atoms with Crippen LogP contribution in [-0.4, -0.2) is 24.9 Å². The molecular formula is C17H21NO3S2. The average molecular weight is 351 g/mol. The molecule has 2 aromatic rings. The predicted octanol–water partition coefficient (Wildman–Crippen LogP) is 3.65. The van der Waals surface area contributed by atoms with Crippen LogP contribution in [0.25, 0.3) is 0 Å². The lowest BCUT2D eigenvalue weighted by atomic mass is 9.87. The molecule has 6 heteroatoms. The number of hydrogen-bond donors (Lipinski definition) is 0. The summed E-state index contributed by atoms with van der Waals surface area (Å²) in [5.74, 6) is -0.484. The van der Waals surface area contributed by atoms with Crippen LogP contribution in [-0.2, 0) is 22.0 Å². The molecule has 124 valence electrons. The van der Waals surface area contributed by atoms with E-state index in [2.05, 4.69) is 20.8 Å². The van der Waals surface area contributed by atoms with E-state index < -0.39 is 15.9 Å². The van der Waals surface area contributed by atoms with Crippen molar-refractivity contribution in [2.45, 2.75) is 32.7 Å². The molecule has 0 bridgehead atoms. The first-order valence-corrected chi connectivity index (χ1v) is 9.97. The number of benzene rings is 1. The molecule has 1 aromatic carbocycles. The summed E-state index contributed by atoms with van der Waals surface area (Å²) < 4.78 is 24.9. The smallest absolute Gasteiger partial charge is 0.267 e. The molecule has 0 atom stereocenters. The number of carbonyl (C=O) groups is 1. The molecule has 23 heavy (non-hydrogen) atoms. The van der Waals surface area contributed by atoms with Gasteiger partial charge in [-0.15, -0.1) is 11.3 Å². The lowest BCUT2D eigenvalue weighted by Crippen LogP contribution is -2.35. The highest BCUT2D eigenvalue weighted by atomic mass is 32.2. The van der Waals surface area contributed by atoms with Gasteiger partial charge in [0.2, 0.25) is 10.0 Å². The molecule has 2 rings (SSSR count). The second-order valence-corrected chi connectivity index (χ2v) is 9.35. The molecular weight excluding hydrogens is 330 g/mol. The number of carbonyl (C=O) groups excluding carboxylic acids is 1. The van der Waals surface area contributed by atoms with Gasteiger partial charge in [0.05, 0.1) is 17.7 Å². The number of hydrogen-bond acceptors (Lipinski definition) is 4. The van der Waals surface area contributed by atoms with Gasteiger partial charge >= 0.3 is 0 Å². The first-order valence-electron chi connectivity index (χ1n) is 7.24. The van der Waals surface area contributed by atoms with E-state index in [-0.39, 0.29) is 12.0 Å². The summed E-state index contributed by atoms with van der Waals surface area (Å²) in [5, 5.41) is 1.76. The van der Waals surface area contributed by atoms with Gasteiger partial charge in [-0.1, -0.05) is 51.1 Å². The monoisotopic (exact) mass is 351 g/mol. The number of sulfonamides is 1. The highest BCUT2D eigenvalue weighted by Gasteiger charge is 2.25. The Labute approximate surface area is 141 Å². The zero-order valence-corrected chi connectivity index (χ0v) is 15.4. The molecule has 0 aliphatic rings. The molecule has 0 spiro atoms. The van der Waals surface area contributed by atoms with E-state index in [1.807, 2.05) is 24.3 Å². The van der Waals surface area contributed by atoms with Crippen molar-refractivity contribution in [3.8, 4) is 0 Å². The second-order valence-electron chi connectivity index (χ2n) is 6.50. The maximum absolute atomic E-state index is 12.4. The first kappa shape index (κ1) is 17.7. The van der Waals surface area contributed by atoms with Gasteiger partial charge in [0, 0.05) is 0 Å². The van der Waals surface area contributed by atoms with Crippen molar-refractivity contribution in [2.24, 2.45) is 0 Å². The lowest BCUT2D eigenvalue weighted by Gasteiger charge is -2.22. The molecule has 4 nitrogen and oxygen atoms in total. The Morgan fingerprint density at radius 3 is 2.17 bits per heavy atom. The third kappa shape index (κ3) is 4.42. The maximum Gasteiger partial charge on any atom is 0.277 e. The summed E-state index contributed by atoms with van der Waals surface area (Å²) in [5.41, 5.74) is 1.98. The van der Waals surface area contributed by atoms with Gasteiger partial charge in [-0.25, -0.2) is 12.7 Å². The Kier molecular flexibility index (Phi) is 4.96. The Morgan fingerprint density at radius 1 is 1.13 bits per heavy atom. The van der Waals surface area contributed by atoms with E-state index in [4.69, 9.17) is 0 Å². The van der Waals surface area contributed by atoms with Crippen molar-refractivity contribution < 1.29 is 13.2 Å². The van der Waals surface area contributed by atoms with Crippen molar-refractivity contribution in [1.82, 2.24) is 4.31 Å². The highest BCUT2D eigenvalue weighted by molar-refractivity contribution is 7.88. The van der Waals surface area contributed by atoms with Crippen LogP contribution in [0, 0.1) is 0 Å². The molecule has 0 aliphatic heterocycles. The van der Waals surface area contributed by atoms with Crippen LogP contribution < -0.4 is 0 Å². The second kappa shape index (κ2) is 6.45. The number of thiophene rings is 1. The van der Waals surface area contributed by atoms with Gasteiger partial charge in [-0.3, -0.25) is 4.79 Å². The molecule has 1 amide bonds. The van der Waals surface area contributed by atoms with E-state index in [1.165, 1.54) is 11.3 Å². The Balaban J connectivity index is 2.27. The number of nitrogens with zero attached hydrogens (tertiary/aromatic N) is 1. The molecule has 1 heterocycles. The largest absolute Gasteiger partial charge is 0.277 e. The predicted molar refractivity (Wildman–Crippen MR) is 94.2 cm³/mol. The fourth-order valence-corrected chi connectivity index (χ4v) is 3.65. The number of rotatable bonds is 4. The Hall–Kier alpha value is -1.66. The highest BCUT2D eigenvalue weighted by Crippen LogP contribution is 2.23. The standard InChI is InChI=1S/C17H21NO3S2/c1-17(2,3)14-9-7-13(8-10-14)12-18(23(4,20)21)16(19)15-6-5-11-22-15/h5-11H,12H2,1-4H3. The molecule has 0 fully saturated rings. The summed E-state index contributed by atoms with van der Waals surface area (Å²) in [6.07, 6.45) is 1.06. The Bertz CT molecular complexity index is 770. The van der Waals surface area contributed by atoms with E-state index in [1.54, 1.807) is 17.5 Å². The van der Waals surface area contributed by atoms with Crippen LogP contribution in [0.1, 0.15) is 41.6 Å². The minimum Gasteiger partial charge on any atom is -0.267 e. The van der Waals surface area contributed by atoms with E-state index in [0.717, 1.165) is 21.7 Å². The minimum atomic E-state index is -3.64. The van der Waals surface area contributed by atoms with Crippen LogP contribution in [0.15, 0.2) is 41.8 Å². The molecule has 1 aromatic heterocycles. The first-order chi connectivity index (χ1) is 10.6. The number of amides is 1. The normalized spacial score (nSPS) is 12.2. The topological polar surface area (TPSA) is 54.5 Å². The van der Waals surface area contributed by atoms with Gasteiger partial charge in [0.25, 0.3) is 5.91 Å². The molecule has 0 saturated heterocycles. The molecule has 0 saturated carbocycles. The SMILES string of the molecule is CC(C)(C)c1ccc(CN(C(=O)c2cccs2)S(C)(=O)=O)cc1. The van der Waals surface area contributed by atoms with Crippen LogP contribution >= 0.6 is 11.3 Å². The van der Waals surface area contributed by atoms with Gasteiger partial charge < -0.3 is 0 Å². The van der Waals surface area contributed by atoms with E-state index >= 15 is 0 Å². The maximum atomic E-state index is 12.4. The van der Waals surface area contributed by atoms with Crippen LogP contribution in [0.2, 0.25) is 0 Å². The zero-order chi connectivity index (χ0) is 17.3. The van der Waals surface area contributed by atoms with Crippen molar-refractivity contribution in [3.05, 3.63) is 57.8 Å². The minimum absolute atomic E-state index is 0.0296. The van der Waals surface area contributed by atoms with E-state index in [0.29, 0.717) is 4.88 Å². The third-order valence-electron chi connectivity index (χ3n) is 3.50. The molecule has 0 N–H and O–H groups in total. The van der Waals surface area contributed by atoms with Gasteiger partial charge in [0.15, 0.2) is 0 Å².